The Balaban J connectivity index is 4.64. The highest BCUT2D eigenvalue weighted by Gasteiger charge is 2.25. The van der Waals surface area contributed by atoms with Gasteiger partial charge in [-0.15, -0.1) is 0 Å². The van der Waals surface area contributed by atoms with Crippen molar-refractivity contribution in [3.8, 4) is 0 Å². The molecule has 9 heteroatoms. The number of hydrogen-bond donors (Lipinski definition) is 1. The molecule has 0 saturated carbocycles. The first-order valence-corrected chi connectivity index (χ1v) is 22.7. The fourth-order valence-corrected chi connectivity index (χ4v) is 5.26. The molecule has 61 heavy (non-hydrogen) atoms. The van der Waals surface area contributed by atoms with Gasteiger partial charge in [-0.25, -0.2) is 4.79 Å². The van der Waals surface area contributed by atoms with Gasteiger partial charge in [-0.05, 0) is 89.9 Å². The Morgan fingerprint density at radius 2 is 0.918 bits per heavy atom. The van der Waals surface area contributed by atoms with E-state index in [2.05, 4.69) is 123 Å². The van der Waals surface area contributed by atoms with Crippen molar-refractivity contribution in [2.75, 3.05) is 47.5 Å². The molecule has 0 radical (unpaired) electrons. The minimum atomic E-state index is -1.54. The average molecular weight is 849 g/mol. The number of esters is 2. The Morgan fingerprint density at radius 3 is 1.36 bits per heavy atom. The second-order valence-electron chi connectivity index (χ2n) is 15.6. The fraction of sp³-hybridized carbons (Fsp3) is 0.558. The van der Waals surface area contributed by atoms with Crippen LogP contribution >= 0.6 is 0 Å². The lowest BCUT2D eigenvalue weighted by atomic mass is 10.1. The molecule has 0 amide bonds. The molecule has 0 rings (SSSR count). The van der Waals surface area contributed by atoms with Crippen molar-refractivity contribution < 1.29 is 42.9 Å². The molecule has 0 spiro atoms. The molecule has 0 bridgehead atoms. The van der Waals surface area contributed by atoms with E-state index in [4.69, 9.17) is 18.9 Å². The van der Waals surface area contributed by atoms with Gasteiger partial charge in [0, 0.05) is 12.8 Å². The molecule has 0 aromatic heterocycles. The van der Waals surface area contributed by atoms with E-state index in [9.17, 15) is 19.5 Å². The summed E-state index contributed by atoms with van der Waals surface area (Å²) in [4.78, 5) is 37.1. The van der Waals surface area contributed by atoms with Crippen LogP contribution in [0.4, 0.5) is 0 Å². The number of carboxylic acid groups (broad SMARTS) is 1. The number of ether oxygens (including phenoxy) is 4. The van der Waals surface area contributed by atoms with E-state index < -0.39 is 30.3 Å². The number of aliphatic carboxylic acids is 1. The van der Waals surface area contributed by atoms with Gasteiger partial charge in [-0.3, -0.25) is 9.59 Å². The zero-order valence-electron chi connectivity index (χ0n) is 38.5. The van der Waals surface area contributed by atoms with E-state index in [1.54, 1.807) is 0 Å². The van der Waals surface area contributed by atoms with E-state index in [0.717, 1.165) is 89.9 Å². The lowest BCUT2D eigenvalue weighted by molar-refractivity contribution is -0.870. The first kappa shape index (κ1) is 56.7. The summed E-state index contributed by atoms with van der Waals surface area (Å²) in [5.41, 5.74) is 0. The number of hydrogen-bond acceptors (Lipinski definition) is 7. The number of carbonyl (C=O) groups excluding carboxylic acids is 2. The molecular formula is C52H82NO8+. The van der Waals surface area contributed by atoms with E-state index in [1.165, 1.54) is 0 Å². The smallest absolute Gasteiger partial charge is 0.361 e. The highest BCUT2D eigenvalue weighted by atomic mass is 16.7. The number of likely N-dealkylation sites (N-methyl/N-ethyl adjacent to an activating group) is 1. The first-order valence-electron chi connectivity index (χ1n) is 22.7. The van der Waals surface area contributed by atoms with Crippen LogP contribution in [0.1, 0.15) is 129 Å². The van der Waals surface area contributed by atoms with Crippen LogP contribution in [0, 0.1) is 0 Å². The molecule has 0 aliphatic carbocycles. The lowest BCUT2D eigenvalue weighted by Crippen LogP contribution is -2.40. The maximum absolute atomic E-state index is 12.7. The van der Waals surface area contributed by atoms with Crippen molar-refractivity contribution in [1.82, 2.24) is 0 Å². The molecule has 2 unspecified atom stereocenters. The number of unbranched alkanes of at least 4 members (excludes halogenated alkanes) is 4. The van der Waals surface area contributed by atoms with Crippen LogP contribution in [-0.4, -0.2) is 87.4 Å². The Kier molecular flexibility index (Phi) is 39.4. The van der Waals surface area contributed by atoms with Crippen molar-refractivity contribution in [2.45, 2.75) is 142 Å². The van der Waals surface area contributed by atoms with Crippen molar-refractivity contribution in [1.29, 1.82) is 0 Å². The largest absolute Gasteiger partial charge is 0.477 e. The Labute approximate surface area is 370 Å². The van der Waals surface area contributed by atoms with Gasteiger partial charge in [0.15, 0.2) is 6.10 Å². The molecule has 0 heterocycles. The van der Waals surface area contributed by atoms with Gasteiger partial charge < -0.3 is 28.5 Å². The minimum Gasteiger partial charge on any atom is -0.477 e. The van der Waals surface area contributed by atoms with Crippen LogP contribution in [0.25, 0.3) is 0 Å². The summed E-state index contributed by atoms with van der Waals surface area (Å²) >= 11 is 0. The molecule has 0 saturated heterocycles. The monoisotopic (exact) mass is 849 g/mol. The van der Waals surface area contributed by atoms with Crippen molar-refractivity contribution in [2.24, 2.45) is 0 Å². The van der Waals surface area contributed by atoms with Gasteiger partial charge in [0.2, 0.25) is 0 Å². The Hall–Kier alpha value is -4.31. The molecule has 9 nitrogen and oxygen atoms in total. The molecule has 0 fully saturated rings. The highest BCUT2D eigenvalue weighted by molar-refractivity contribution is 5.71. The normalized spacial score (nSPS) is 14.0. The maximum atomic E-state index is 12.7. The Bertz CT molecular complexity index is 1410. The van der Waals surface area contributed by atoms with Crippen molar-refractivity contribution in [3.05, 3.63) is 122 Å². The summed E-state index contributed by atoms with van der Waals surface area (Å²) in [5, 5.41) is 9.64. The van der Waals surface area contributed by atoms with Gasteiger partial charge in [0.05, 0.1) is 34.4 Å². The molecule has 342 valence electrons. The fourth-order valence-electron chi connectivity index (χ4n) is 5.26. The van der Waals surface area contributed by atoms with Crippen LogP contribution in [0.3, 0.4) is 0 Å². The van der Waals surface area contributed by atoms with Crippen LogP contribution in [-0.2, 0) is 33.3 Å². The highest BCUT2D eigenvalue weighted by Crippen LogP contribution is 2.10. The summed E-state index contributed by atoms with van der Waals surface area (Å²) in [6.45, 7) is 4.48. The zero-order valence-corrected chi connectivity index (χ0v) is 38.5. The second-order valence-corrected chi connectivity index (χ2v) is 15.6. The molecular weight excluding hydrogens is 767 g/mol. The van der Waals surface area contributed by atoms with Gasteiger partial charge in [0.1, 0.15) is 13.2 Å². The second kappa shape index (κ2) is 42.4. The summed E-state index contributed by atoms with van der Waals surface area (Å²) < 4.78 is 22.6. The van der Waals surface area contributed by atoms with Gasteiger partial charge in [0.25, 0.3) is 6.29 Å². The van der Waals surface area contributed by atoms with E-state index >= 15 is 0 Å². The summed E-state index contributed by atoms with van der Waals surface area (Å²) in [5.74, 6) is -2.18. The number of carboxylic acids is 1. The summed E-state index contributed by atoms with van der Waals surface area (Å²) in [7, 11) is 5.91. The summed E-state index contributed by atoms with van der Waals surface area (Å²) in [6.07, 6.45) is 55.6. The van der Waals surface area contributed by atoms with Crippen LogP contribution in [0.2, 0.25) is 0 Å². The molecule has 0 aromatic carbocycles. The third kappa shape index (κ3) is 43.6. The molecule has 2 atom stereocenters. The van der Waals surface area contributed by atoms with E-state index in [1.807, 2.05) is 33.3 Å². The standard InChI is InChI=1S/C52H81NO8/c1-6-8-10-12-14-16-18-20-22-24-25-27-29-31-33-35-37-39-41-43-50(55)61-48(47-60-52(51(56)57)58-45-44-53(3,4)5)46-59-49(54)42-40-38-36-34-32-30-28-26-23-21-19-17-15-13-11-9-7-2/h8-11,14-17,20-23,25,27-28,30-31,33,37,39,48,52H,6-7,12-13,18-19,24,26,29,32,34-36,38,40-47H2,1-5H3/p+1/b10-8-,11-9-,16-14-,17-15-,22-20-,23-21-,27-25-,30-28-,33-31-,39-37-. The first-order chi connectivity index (χ1) is 29.6. The molecule has 0 aromatic rings. The quantitative estimate of drug-likeness (QED) is 0.0214. The number of nitrogens with zero attached hydrogens (tertiary/aromatic N) is 1. The van der Waals surface area contributed by atoms with Crippen LogP contribution in [0.5, 0.6) is 0 Å². The van der Waals surface area contributed by atoms with Gasteiger partial charge >= 0.3 is 17.9 Å². The maximum Gasteiger partial charge on any atom is 0.361 e. The third-order valence-electron chi connectivity index (χ3n) is 8.73. The van der Waals surface area contributed by atoms with Crippen molar-refractivity contribution >= 4 is 17.9 Å². The van der Waals surface area contributed by atoms with Crippen molar-refractivity contribution in [3.63, 3.8) is 0 Å². The number of quaternary nitrogens is 1. The SMILES string of the molecule is CC/C=C\C/C=C\C/C=C\C/C=C\C/C=C\C/C=C\CCC(=O)OC(COC(=O)CCCCCC/C=C\C/C=C\C/C=C\C/C=C\CC)COC(OCC[N+](C)(C)C)C(=O)O. The van der Waals surface area contributed by atoms with Crippen LogP contribution in [0.15, 0.2) is 122 Å². The number of carbonyl (C=O) groups is 3. The molecule has 1 N–H and O–H groups in total. The van der Waals surface area contributed by atoms with E-state index in [0.29, 0.717) is 23.9 Å². The zero-order chi connectivity index (χ0) is 44.9. The predicted octanol–water partition coefficient (Wildman–Crippen LogP) is 12.2. The van der Waals surface area contributed by atoms with Crippen LogP contribution < -0.4 is 0 Å². The molecule has 0 aliphatic rings. The lowest BCUT2D eigenvalue weighted by Gasteiger charge is -2.25. The predicted molar refractivity (Wildman–Crippen MR) is 253 cm³/mol. The number of rotatable bonds is 39. The topological polar surface area (TPSA) is 108 Å². The third-order valence-corrected chi connectivity index (χ3v) is 8.73. The number of allylic oxidation sites excluding steroid dienone is 20. The minimum absolute atomic E-state index is 0.121. The molecule has 0 aliphatic heterocycles. The summed E-state index contributed by atoms with van der Waals surface area (Å²) in [6, 6.07) is 0. The Morgan fingerprint density at radius 1 is 0.492 bits per heavy atom. The van der Waals surface area contributed by atoms with Gasteiger partial charge in [-0.2, -0.15) is 0 Å². The van der Waals surface area contributed by atoms with E-state index in [-0.39, 0.29) is 32.7 Å². The van der Waals surface area contributed by atoms with Gasteiger partial charge in [-0.1, -0.05) is 148 Å². The average Bonchev–Trinajstić information content (AvgIpc) is 3.22.